The van der Waals surface area contributed by atoms with Gasteiger partial charge in [0.2, 0.25) is 0 Å². The molecule has 0 saturated carbocycles. The van der Waals surface area contributed by atoms with E-state index in [4.69, 9.17) is 9.72 Å². The molecular weight excluding hydrogens is 506 g/mol. The average molecular weight is 542 g/mol. The lowest BCUT2D eigenvalue weighted by Crippen LogP contribution is -2.65. The van der Waals surface area contributed by atoms with Crippen LogP contribution < -0.4 is 10.2 Å². The highest BCUT2D eigenvalue weighted by Crippen LogP contribution is 2.34. The van der Waals surface area contributed by atoms with E-state index in [9.17, 15) is 9.90 Å². The number of carbonyl (C=O) groups excluding carboxylic acids is 1. The van der Waals surface area contributed by atoms with Crippen LogP contribution in [0, 0.1) is 0 Å². The Morgan fingerprint density at radius 3 is 2.80 bits per heavy atom. The van der Waals surface area contributed by atoms with Crippen molar-refractivity contribution in [2.75, 3.05) is 25.1 Å². The number of amides is 1. The van der Waals surface area contributed by atoms with Gasteiger partial charge in [0.05, 0.1) is 41.9 Å². The van der Waals surface area contributed by atoms with Crippen molar-refractivity contribution in [2.24, 2.45) is 7.05 Å². The molecule has 1 saturated heterocycles. The van der Waals surface area contributed by atoms with E-state index in [0.29, 0.717) is 24.3 Å². The van der Waals surface area contributed by atoms with Crippen LogP contribution in [0.1, 0.15) is 57.9 Å². The lowest BCUT2D eigenvalue weighted by molar-refractivity contribution is -0.0140. The first-order valence-corrected chi connectivity index (χ1v) is 13.9. The Labute approximate surface area is 233 Å². The number of aliphatic hydroxyl groups is 1. The minimum absolute atomic E-state index is 0.161. The van der Waals surface area contributed by atoms with Gasteiger partial charge in [-0.3, -0.25) is 9.48 Å². The number of nitrogens with zero attached hydrogens (tertiary/aromatic N) is 6. The summed E-state index contributed by atoms with van der Waals surface area (Å²) in [7, 11) is 3.66. The van der Waals surface area contributed by atoms with E-state index >= 15 is 0 Å². The summed E-state index contributed by atoms with van der Waals surface area (Å²) in [6, 6.07) is 10.5. The zero-order valence-electron chi connectivity index (χ0n) is 23.2. The summed E-state index contributed by atoms with van der Waals surface area (Å²) >= 11 is 0. The van der Waals surface area contributed by atoms with Crippen LogP contribution in [-0.4, -0.2) is 66.9 Å². The molecule has 1 spiro atoms. The summed E-state index contributed by atoms with van der Waals surface area (Å²) in [6.07, 6.45) is 6.35. The fraction of sp³-hybridized carbons (Fsp3) is 0.433. The molecule has 0 aliphatic carbocycles. The first-order valence-electron chi connectivity index (χ1n) is 13.9. The molecular formula is C30H35N7O3. The topological polar surface area (TPSA) is 100 Å². The molecule has 1 amide bonds. The monoisotopic (exact) mass is 541 g/mol. The van der Waals surface area contributed by atoms with E-state index in [-0.39, 0.29) is 18.6 Å². The number of hydrogen-bond acceptors (Lipinski definition) is 7. The van der Waals surface area contributed by atoms with Crippen LogP contribution in [0.3, 0.4) is 0 Å². The highest BCUT2D eigenvalue weighted by atomic mass is 16.5. The van der Waals surface area contributed by atoms with E-state index in [0.717, 1.165) is 37.3 Å². The van der Waals surface area contributed by atoms with Gasteiger partial charge in [-0.05, 0) is 37.0 Å². The number of fused-ring (bicyclic) bond motifs is 3. The van der Waals surface area contributed by atoms with Crippen LogP contribution >= 0.6 is 0 Å². The van der Waals surface area contributed by atoms with E-state index in [1.165, 1.54) is 22.4 Å². The molecule has 40 heavy (non-hydrogen) atoms. The average Bonchev–Trinajstić information content (AvgIpc) is 3.69. The largest absolute Gasteiger partial charge is 0.389 e. The summed E-state index contributed by atoms with van der Waals surface area (Å²) in [5.74, 6) is -0.161. The number of β-amino-alcohol motifs (C(OH)–C–C–N with tert-alkyl or cyclic N) is 1. The number of anilines is 1. The van der Waals surface area contributed by atoms with Gasteiger partial charge in [-0.15, -0.1) is 0 Å². The molecule has 6 heterocycles. The predicted molar refractivity (Wildman–Crippen MR) is 150 cm³/mol. The quantitative estimate of drug-likeness (QED) is 0.410. The van der Waals surface area contributed by atoms with Crippen molar-refractivity contribution in [3.8, 4) is 0 Å². The second-order valence-corrected chi connectivity index (χ2v) is 11.5. The molecule has 3 aliphatic heterocycles. The van der Waals surface area contributed by atoms with E-state index < -0.39 is 11.6 Å². The number of aromatic nitrogens is 4. The number of benzene rings is 1. The van der Waals surface area contributed by atoms with E-state index in [2.05, 4.69) is 39.6 Å². The number of piperidine rings is 1. The number of ether oxygens (including phenoxy) is 1. The van der Waals surface area contributed by atoms with Gasteiger partial charge in [0.1, 0.15) is 11.3 Å². The van der Waals surface area contributed by atoms with Crippen LogP contribution in [0.15, 0.2) is 48.9 Å². The highest BCUT2D eigenvalue weighted by molar-refractivity contribution is 5.93. The molecule has 7 rings (SSSR count). The van der Waals surface area contributed by atoms with E-state index in [1.807, 2.05) is 47.7 Å². The van der Waals surface area contributed by atoms with Crippen molar-refractivity contribution in [1.29, 1.82) is 0 Å². The maximum Gasteiger partial charge on any atom is 0.274 e. The highest BCUT2D eigenvalue weighted by Gasteiger charge is 2.45. The number of rotatable bonds is 4. The third-order valence-corrected chi connectivity index (χ3v) is 9.19. The molecule has 10 nitrogen and oxygen atoms in total. The number of likely N-dealkylation sites (tertiary alicyclic amines) is 1. The second-order valence-electron chi connectivity index (χ2n) is 11.5. The van der Waals surface area contributed by atoms with Crippen LogP contribution in [0.5, 0.6) is 0 Å². The Morgan fingerprint density at radius 2 is 2.02 bits per heavy atom. The predicted octanol–water partition coefficient (Wildman–Crippen LogP) is 2.59. The molecule has 208 valence electrons. The minimum Gasteiger partial charge on any atom is -0.389 e. The molecule has 1 aromatic carbocycles. The number of nitrogens with one attached hydrogen (secondary N) is 1. The summed E-state index contributed by atoms with van der Waals surface area (Å²) in [4.78, 5) is 22.5. The van der Waals surface area contributed by atoms with Crippen molar-refractivity contribution >= 4 is 17.2 Å². The molecule has 3 aliphatic rings. The third kappa shape index (κ3) is 4.01. The number of imidazole rings is 1. The first-order chi connectivity index (χ1) is 19.3. The second kappa shape index (κ2) is 9.43. The van der Waals surface area contributed by atoms with Crippen molar-refractivity contribution in [1.82, 2.24) is 29.4 Å². The lowest BCUT2D eigenvalue weighted by atomic mass is 9.76. The van der Waals surface area contributed by atoms with Crippen molar-refractivity contribution in [3.63, 3.8) is 0 Å². The zero-order chi connectivity index (χ0) is 27.6. The zero-order valence-corrected chi connectivity index (χ0v) is 23.2. The van der Waals surface area contributed by atoms with Gasteiger partial charge in [0.25, 0.3) is 5.91 Å². The van der Waals surface area contributed by atoms with Gasteiger partial charge in [-0.2, -0.15) is 5.10 Å². The van der Waals surface area contributed by atoms with Crippen LogP contribution in [0.4, 0.5) is 5.69 Å². The van der Waals surface area contributed by atoms with Gasteiger partial charge < -0.3 is 29.4 Å². The maximum absolute atomic E-state index is 13.7. The number of aliphatic hydroxyl groups excluding tert-OH is 1. The van der Waals surface area contributed by atoms with Gasteiger partial charge in [0, 0.05) is 63.9 Å². The first kappa shape index (κ1) is 25.3. The molecule has 3 atom stereocenters. The van der Waals surface area contributed by atoms with Gasteiger partial charge in [-0.25, -0.2) is 4.98 Å². The molecule has 3 aromatic heterocycles. The molecule has 1 fully saturated rings. The SMILES string of the molecule is CO[C@H](C)c1cc(N2Cc3cnn(C)c3C2)cn2cc(C(=O)N3CC[C@]4(Cc5ccccc5CN4)[C@H](O)C3)nc12. The number of pyridine rings is 1. The number of aryl methyl sites for hydroxylation is 1. The Bertz CT molecular complexity index is 1610. The van der Waals surface area contributed by atoms with Crippen molar-refractivity contribution in [2.45, 2.75) is 57.1 Å². The third-order valence-electron chi connectivity index (χ3n) is 9.19. The Hall–Kier alpha value is -3.73. The Balaban J connectivity index is 1.14. The van der Waals surface area contributed by atoms with Crippen LogP contribution in [0.25, 0.3) is 5.65 Å². The molecule has 0 radical (unpaired) electrons. The van der Waals surface area contributed by atoms with Crippen LogP contribution in [-0.2, 0) is 37.8 Å². The van der Waals surface area contributed by atoms with Gasteiger partial charge >= 0.3 is 0 Å². The van der Waals surface area contributed by atoms with Gasteiger partial charge in [0.15, 0.2) is 0 Å². The fourth-order valence-corrected chi connectivity index (χ4v) is 6.59. The summed E-state index contributed by atoms with van der Waals surface area (Å²) in [5.41, 5.74) is 7.62. The Kier molecular flexibility index (Phi) is 5.95. The molecule has 4 aromatic rings. The van der Waals surface area contributed by atoms with Crippen LogP contribution in [0.2, 0.25) is 0 Å². The smallest absolute Gasteiger partial charge is 0.274 e. The number of carbonyl (C=O) groups is 1. The number of hydrogen-bond donors (Lipinski definition) is 2. The molecule has 2 N–H and O–H groups in total. The molecule has 0 unspecified atom stereocenters. The van der Waals surface area contributed by atoms with E-state index in [1.54, 1.807) is 12.0 Å². The standard InChI is InChI=1S/C30H35N7O3/c1-19(40-3)24-10-23(36-14-22-13-32-34(2)26(22)17-36)15-37-16-25(33-28(24)37)29(39)35-9-8-30(27(38)18-35)11-20-6-4-5-7-21(20)12-31-30/h4-7,10,13,15-16,19,27,31,38H,8-9,11-12,14,17-18H2,1-3H3/t19-,27-,30+/m1/s1. The van der Waals surface area contributed by atoms with Crippen molar-refractivity contribution in [3.05, 3.63) is 82.6 Å². The summed E-state index contributed by atoms with van der Waals surface area (Å²) in [6.45, 7) is 5.11. The Morgan fingerprint density at radius 1 is 1.20 bits per heavy atom. The fourth-order valence-electron chi connectivity index (χ4n) is 6.59. The maximum atomic E-state index is 13.7. The molecule has 10 heteroatoms. The van der Waals surface area contributed by atoms with Gasteiger partial charge in [-0.1, -0.05) is 24.3 Å². The summed E-state index contributed by atoms with van der Waals surface area (Å²) in [5, 5.41) is 19.3. The lowest BCUT2D eigenvalue weighted by Gasteiger charge is -2.48. The van der Waals surface area contributed by atoms with Crippen molar-refractivity contribution < 1.29 is 14.6 Å². The minimum atomic E-state index is -0.669. The number of methoxy groups -OCH3 is 1. The molecule has 0 bridgehead atoms. The normalized spacial score (nSPS) is 23.1. The summed E-state index contributed by atoms with van der Waals surface area (Å²) < 4.78 is 9.57.